The van der Waals surface area contributed by atoms with Gasteiger partial charge in [0.25, 0.3) is 0 Å². The minimum atomic E-state index is -0.634. The van der Waals surface area contributed by atoms with Gasteiger partial charge in [0.1, 0.15) is 11.4 Å². The van der Waals surface area contributed by atoms with Crippen LogP contribution in [-0.4, -0.2) is 0 Å². The molecular weight excluding hydrogens is 206 g/mol. The fourth-order valence-corrected chi connectivity index (χ4v) is 1.71. The Morgan fingerprint density at radius 2 is 1.88 bits per heavy atom. The van der Waals surface area contributed by atoms with Crippen molar-refractivity contribution in [2.24, 2.45) is 5.73 Å². The summed E-state index contributed by atoms with van der Waals surface area (Å²) in [5.74, 6) is 0.392. The van der Waals surface area contributed by atoms with E-state index in [1.165, 1.54) is 0 Å². The third-order valence-electron chi connectivity index (χ3n) is 2.88. The van der Waals surface area contributed by atoms with Gasteiger partial charge in [0.2, 0.25) is 0 Å². The van der Waals surface area contributed by atoms with Crippen LogP contribution in [0.1, 0.15) is 18.2 Å². The summed E-state index contributed by atoms with van der Waals surface area (Å²) in [5, 5.41) is 0. The van der Waals surface area contributed by atoms with Crippen LogP contribution in [0.2, 0.25) is 0 Å². The molecule has 0 spiro atoms. The summed E-state index contributed by atoms with van der Waals surface area (Å²) in [6.07, 6.45) is 0.431. The van der Waals surface area contributed by atoms with Gasteiger partial charge in [-0.15, -0.1) is 0 Å². The molecule has 16 heavy (non-hydrogen) atoms. The Kier molecular flexibility index (Phi) is 2.05. The topological polar surface area (TPSA) is 108 Å². The molecule has 1 aromatic rings. The van der Waals surface area contributed by atoms with Gasteiger partial charge >= 0.3 is 5.63 Å². The maximum atomic E-state index is 11.4. The molecule has 5 nitrogen and oxygen atoms in total. The number of nitrogens with two attached hydrogens (primary N) is 3. The Bertz CT molecular complexity index is 582. The van der Waals surface area contributed by atoms with Crippen molar-refractivity contribution < 1.29 is 4.42 Å². The number of hydrogen-bond acceptors (Lipinski definition) is 5. The van der Waals surface area contributed by atoms with Gasteiger partial charge in [-0.25, -0.2) is 4.79 Å². The third-order valence-corrected chi connectivity index (χ3v) is 2.88. The van der Waals surface area contributed by atoms with E-state index >= 15 is 0 Å². The normalized spacial score (nSPS) is 15.2. The molecule has 6 N–H and O–H groups in total. The molecular formula is C11H13N3O2. The van der Waals surface area contributed by atoms with E-state index < -0.39 is 5.63 Å². The molecule has 0 saturated carbocycles. The number of fused-ring (bicyclic) bond motifs is 1. The van der Waals surface area contributed by atoms with Gasteiger partial charge in [-0.3, -0.25) is 0 Å². The maximum Gasteiger partial charge on any atom is 0.361 e. The highest BCUT2D eigenvalue weighted by atomic mass is 16.4. The Hall–Kier alpha value is -2.17. The fraction of sp³-hybridized carbons (Fsp3) is 0.182. The highest BCUT2D eigenvalue weighted by Gasteiger charge is 2.24. The van der Waals surface area contributed by atoms with E-state index in [-0.39, 0.29) is 11.4 Å². The number of rotatable bonds is 0. The molecule has 1 aliphatic carbocycles. The van der Waals surface area contributed by atoms with Crippen molar-refractivity contribution in [2.45, 2.75) is 13.3 Å². The lowest BCUT2D eigenvalue weighted by atomic mass is 9.90. The zero-order valence-electron chi connectivity index (χ0n) is 8.96. The van der Waals surface area contributed by atoms with Crippen molar-refractivity contribution in [2.75, 3.05) is 11.5 Å². The summed E-state index contributed by atoms with van der Waals surface area (Å²) in [5.41, 5.74) is 19.4. The van der Waals surface area contributed by atoms with E-state index in [0.29, 0.717) is 29.0 Å². The number of anilines is 2. The van der Waals surface area contributed by atoms with Gasteiger partial charge in [0.05, 0.1) is 5.69 Å². The van der Waals surface area contributed by atoms with E-state index in [2.05, 4.69) is 6.58 Å². The monoisotopic (exact) mass is 219 g/mol. The van der Waals surface area contributed by atoms with Crippen LogP contribution in [0.15, 0.2) is 27.1 Å². The number of allylic oxidation sites excluding steroid dienone is 3. The van der Waals surface area contributed by atoms with Crippen LogP contribution in [0, 0.1) is 0 Å². The largest absolute Gasteiger partial charge is 0.421 e. The van der Waals surface area contributed by atoms with Crippen LogP contribution in [-0.2, 0) is 6.42 Å². The summed E-state index contributed by atoms with van der Waals surface area (Å²) < 4.78 is 5.09. The van der Waals surface area contributed by atoms with Crippen molar-refractivity contribution in [3.8, 4) is 0 Å². The predicted molar refractivity (Wildman–Crippen MR) is 63.4 cm³/mol. The van der Waals surface area contributed by atoms with Crippen molar-refractivity contribution in [1.82, 2.24) is 0 Å². The SMILES string of the molecule is C=C1C(C)=C(N)Cc2c1oc(=O)c(N)c2N. The lowest BCUT2D eigenvalue weighted by molar-refractivity contribution is 0.494. The van der Waals surface area contributed by atoms with Crippen LogP contribution in [0.3, 0.4) is 0 Å². The molecule has 0 atom stereocenters. The first-order valence-electron chi connectivity index (χ1n) is 4.79. The van der Waals surface area contributed by atoms with Crippen molar-refractivity contribution in [3.05, 3.63) is 39.6 Å². The molecule has 1 heterocycles. The van der Waals surface area contributed by atoms with Crippen LogP contribution >= 0.6 is 0 Å². The minimum absolute atomic E-state index is 0.0705. The van der Waals surface area contributed by atoms with E-state index in [1.54, 1.807) is 0 Å². The minimum Gasteiger partial charge on any atom is -0.421 e. The number of hydrogen-bond donors (Lipinski definition) is 3. The second-order valence-corrected chi connectivity index (χ2v) is 3.83. The summed E-state index contributed by atoms with van der Waals surface area (Å²) in [7, 11) is 0. The summed E-state index contributed by atoms with van der Waals surface area (Å²) >= 11 is 0. The van der Waals surface area contributed by atoms with Crippen LogP contribution in [0.25, 0.3) is 5.57 Å². The maximum absolute atomic E-state index is 11.4. The molecule has 1 aliphatic rings. The van der Waals surface area contributed by atoms with E-state index in [4.69, 9.17) is 21.6 Å². The molecule has 0 aliphatic heterocycles. The molecule has 0 amide bonds. The predicted octanol–water partition coefficient (Wildman–Crippen LogP) is 0.606. The van der Waals surface area contributed by atoms with Crippen LogP contribution < -0.4 is 22.8 Å². The molecule has 0 bridgehead atoms. The standard InChI is InChI=1S/C11H13N3O2/c1-4-5(2)10-6(3-7(4)12)8(13)9(14)11(15)16-10/h2-3,12-14H2,1H3. The molecule has 0 saturated heterocycles. The van der Waals surface area contributed by atoms with Crippen molar-refractivity contribution in [1.29, 1.82) is 0 Å². The second-order valence-electron chi connectivity index (χ2n) is 3.83. The average Bonchev–Trinajstić information content (AvgIpc) is 2.25. The first kappa shape index (κ1) is 10.4. The molecule has 1 aromatic heterocycles. The smallest absolute Gasteiger partial charge is 0.361 e. The molecule has 5 heteroatoms. The van der Waals surface area contributed by atoms with E-state index in [0.717, 1.165) is 5.57 Å². The fourth-order valence-electron chi connectivity index (χ4n) is 1.71. The van der Waals surface area contributed by atoms with Gasteiger partial charge in [0, 0.05) is 23.3 Å². The van der Waals surface area contributed by atoms with Gasteiger partial charge in [-0.2, -0.15) is 0 Å². The summed E-state index contributed by atoms with van der Waals surface area (Å²) in [6.45, 7) is 5.66. The highest BCUT2D eigenvalue weighted by molar-refractivity contribution is 5.83. The molecule has 84 valence electrons. The Balaban J connectivity index is 2.78. The highest BCUT2D eigenvalue weighted by Crippen LogP contribution is 2.35. The van der Waals surface area contributed by atoms with Gasteiger partial charge in [-0.05, 0) is 12.5 Å². The average molecular weight is 219 g/mol. The molecule has 0 radical (unpaired) electrons. The van der Waals surface area contributed by atoms with Crippen molar-refractivity contribution >= 4 is 16.9 Å². The van der Waals surface area contributed by atoms with Crippen LogP contribution in [0.5, 0.6) is 0 Å². The number of nitrogen functional groups attached to an aromatic ring is 2. The zero-order chi connectivity index (χ0) is 12.0. The lowest BCUT2D eigenvalue weighted by Gasteiger charge is -2.20. The molecule has 0 unspecified atom stereocenters. The van der Waals surface area contributed by atoms with Gasteiger partial charge < -0.3 is 21.6 Å². The lowest BCUT2D eigenvalue weighted by Crippen LogP contribution is -2.20. The summed E-state index contributed by atoms with van der Waals surface area (Å²) in [6, 6.07) is 0. The first-order chi connectivity index (χ1) is 7.43. The van der Waals surface area contributed by atoms with E-state index in [1.807, 2.05) is 6.92 Å². The third kappa shape index (κ3) is 1.21. The van der Waals surface area contributed by atoms with Gasteiger partial charge in [0.15, 0.2) is 0 Å². The summed E-state index contributed by atoms with van der Waals surface area (Å²) in [4.78, 5) is 11.4. The molecule has 0 fully saturated rings. The Labute approximate surface area is 92.2 Å². The molecule has 2 rings (SSSR count). The Morgan fingerprint density at radius 3 is 2.50 bits per heavy atom. The quantitative estimate of drug-likeness (QED) is 0.592. The second kappa shape index (κ2) is 3.16. The van der Waals surface area contributed by atoms with Gasteiger partial charge in [-0.1, -0.05) is 6.58 Å². The molecule has 0 aromatic carbocycles. The van der Waals surface area contributed by atoms with Crippen LogP contribution in [0.4, 0.5) is 11.4 Å². The van der Waals surface area contributed by atoms with E-state index in [9.17, 15) is 4.79 Å². The zero-order valence-corrected chi connectivity index (χ0v) is 8.96. The first-order valence-corrected chi connectivity index (χ1v) is 4.79. The Morgan fingerprint density at radius 1 is 1.25 bits per heavy atom. The van der Waals surface area contributed by atoms with Crippen molar-refractivity contribution in [3.63, 3.8) is 0 Å².